The lowest BCUT2D eigenvalue weighted by Crippen LogP contribution is -2.13. The van der Waals surface area contributed by atoms with Crippen LogP contribution in [-0.2, 0) is 111 Å². The largest absolute Gasteiger partial charge is 0.513 e. The average molecular weight is 2100 g/mol. The van der Waals surface area contributed by atoms with E-state index in [9.17, 15) is 63.5 Å². The molecule has 10 aromatic rings. The number of allylic oxidation sites excluding steroid dienone is 5. The highest BCUT2D eigenvalue weighted by molar-refractivity contribution is 6.39. The first kappa shape index (κ1) is 116. The number of benzene rings is 5. The number of nitrogens with zero attached hydrogens (tertiary/aromatic N) is 15. The van der Waals surface area contributed by atoms with E-state index in [0.717, 1.165) is 46.7 Å². The lowest BCUT2D eigenvalue weighted by molar-refractivity contribution is -0.141. The Labute approximate surface area is 854 Å². The number of aryl methyl sites for hydroxylation is 5. The predicted molar refractivity (Wildman–Crippen MR) is 533 cm³/mol. The SMILES string of the molecule is CC(=O)OC(=C(C#N)c1ccc(C(C)C)cc1)c1c(Cl)nn(C)c1Cl.CC(C)COC(=O)OC(=C(C#N)c1ccc(C(C)(C)C)cc1)c1c(Cl)nn(C)c1Cl.CCOC(=O)OC(=C(C#N)c1ccc(C(C)(C)C)cc1)c1c(Cl)nn(C)c1Cl.COC(=O)OC(=C(C#N)c1ccc(C(C)(C)C)cc1)c1c(C(F)(F)F)nn(C)c1Cl.COC(=O)OC(=C(C#N)c1ccc(C(C)(C)C)cc1)c1c(Cl)nn(C)c1Cl. The van der Waals surface area contributed by atoms with Crippen LogP contribution in [0.3, 0.4) is 0 Å². The Kier molecular flexibility index (Phi) is 41.3. The van der Waals surface area contributed by atoms with E-state index < -0.39 is 58.9 Å². The molecule has 41 heteroatoms. The highest BCUT2D eigenvalue weighted by Crippen LogP contribution is 2.46. The van der Waals surface area contributed by atoms with Gasteiger partial charge in [0.15, 0.2) is 55.1 Å². The Morgan fingerprint density at radius 3 is 0.771 bits per heavy atom. The first-order chi connectivity index (χ1) is 65.2. The first-order valence-electron chi connectivity index (χ1n) is 42.2. The van der Waals surface area contributed by atoms with Crippen LogP contribution in [0.4, 0.5) is 32.3 Å². The molecule has 0 saturated heterocycles. The van der Waals surface area contributed by atoms with Crippen molar-refractivity contribution in [1.82, 2.24) is 48.9 Å². The lowest BCUT2D eigenvalue weighted by atomic mass is 9.86. The van der Waals surface area contributed by atoms with Gasteiger partial charge in [0.1, 0.15) is 84.0 Å². The standard InChI is InChI=1S/C22H25Cl2N3O3.C20H21Cl2N3O3.C20H19ClF3N3O3.C19H19Cl2N3O3.C18H17Cl2N3O2/c1-13(2)12-29-21(28)30-18(17-19(23)26-27(6)20(17)24)16(11-25)14-7-9-15(10-8-14)22(3,4)5;1-6-27-19(26)28-16(15-17(21)24-25(5)18(15)22)14(11-23)12-7-9-13(10-8-12)20(2,3)4;1-19(2,3)12-8-6-11(7-9-12)13(10-25)15(30-18(28)29-5)14-16(20(22,23)24)26-27(4)17(14)21;1-19(2,3)12-8-6-11(7-9-12)13(10-22)15(27-18(25)26-5)14-16(20)23-24(4)17(14)21;1-10(2)12-5-7-13(8-6-12)14(9-21)16(25-11(3)24)15-17(19)22-23(4)18(15)20/h7-10,13H,12H2,1-6H3;7-10H,6H2,1-5H3;6-9H,1-5H3;6-9H,1-5H3;5-8,10H,1-4H3. The molecule has 0 aliphatic heterocycles. The number of aromatic nitrogens is 10. The smallest absolute Gasteiger partial charge is 0.437 e. The van der Waals surface area contributed by atoms with E-state index in [1.54, 1.807) is 114 Å². The fourth-order valence-electron chi connectivity index (χ4n) is 12.5. The number of hydrogen-bond donors (Lipinski definition) is 0. The fraction of sp³-hybridized carbons (Fsp3) is 0.343. The zero-order valence-electron chi connectivity index (χ0n) is 81.1. The molecule has 0 radical (unpaired) electrons. The van der Waals surface area contributed by atoms with Gasteiger partial charge in [0.2, 0.25) is 0 Å². The van der Waals surface area contributed by atoms with Crippen molar-refractivity contribution in [2.24, 2.45) is 41.2 Å². The van der Waals surface area contributed by atoms with Gasteiger partial charge in [-0.25, -0.2) is 19.2 Å². The summed E-state index contributed by atoms with van der Waals surface area (Å²) in [4.78, 5) is 59.4. The molecule has 0 amide bonds. The number of ether oxygens (including phenoxy) is 9. The summed E-state index contributed by atoms with van der Waals surface area (Å²) in [7, 11) is 9.71. The second-order valence-electron chi connectivity index (χ2n) is 35.2. The van der Waals surface area contributed by atoms with E-state index in [0.29, 0.717) is 28.2 Å². The molecule has 0 N–H and O–H groups in total. The molecule has 0 unspecified atom stereocenters. The molecule has 5 heterocycles. The second kappa shape index (κ2) is 49.9. The Morgan fingerprint density at radius 2 is 0.571 bits per heavy atom. The molecule has 0 bridgehead atoms. The summed E-state index contributed by atoms with van der Waals surface area (Å²) in [6.45, 7) is 35.9. The number of nitriles is 5. The summed E-state index contributed by atoms with van der Waals surface area (Å²) >= 11 is 55.8. The van der Waals surface area contributed by atoms with Crippen LogP contribution >= 0.6 is 104 Å². The third kappa shape index (κ3) is 30.1. The zero-order valence-corrected chi connectivity index (χ0v) is 87.9. The molecule has 29 nitrogen and oxygen atoms in total. The molecule has 0 spiro atoms. The van der Waals surface area contributed by atoms with E-state index in [1.807, 2.05) is 83.1 Å². The Balaban J connectivity index is 0.000000269. The zero-order chi connectivity index (χ0) is 106. The number of rotatable bonds is 19. The third-order valence-electron chi connectivity index (χ3n) is 20.0. The molecule has 0 atom stereocenters. The quantitative estimate of drug-likeness (QED) is 0.0314. The van der Waals surface area contributed by atoms with Gasteiger partial charge in [-0.15, -0.1) is 0 Å². The summed E-state index contributed by atoms with van der Waals surface area (Å²) < 4.78 is 92.0. The van der Waals surface area contributed by atoms with Gasteiger partial charge in [-0.05, 0) is 96.1 Å². The van der Waals surface area contributed by atoms with E-state index in [-0.39, 0.29) is 161 Å². The number of halogens is 12. The van der Waals surface area contributed by atoms with Gasteiger partial charge in [-0.1, -0.05) is 337 Å². The topological polar surface area (TPSA) is 376 Å². The van der Waals surface area contributed by atoms with Gasteiger partial charge in [0.05, 0.1) is 55.3 Å². The highest BCUT2D eigenvalue weighted by Gasteiger charge is 2.43. The van der Waals surface area contributed by atoms with Gasteiger partial charge < -0.3 is 42.6 Å². The van der Waals surface area contributed by atoms with Crippen molar-refractivity contribution in [3.05, 3.63) is 257 Å². The Hall–Kier alpha value is -12.8. The number of carbonyl (C=O) groups is 5. The van der Waals surface area contributed by atoms with Crippen LogP contribution in [0.25, 0.3) is 56.7 Å². The van der Waals surface area contributed by atoms with E-state index in [4.69, 9.17) is 138 Å². The minimum atomic E-state index is -4.92. The summed E-state index contributed by atoms with van der Waals surface area (Å²) in [6.07, 6.45) is -9.14. The maximum absolute atomic E-state index is 13.6. The lowest BCUT2D eigenvalue weighted by Gasteiger charge is -2.19. The molecule has 5 aromatic heterocycles. The van der Waals surface area contributed by atoms with Crippen LogP contribution in [-0.4, -0.2) is 107 Å². The minimum Gasteiger partial charge on any atom is -0.437 e. The summed E-state index contributed by atoms with van der Waals surface area (Å²) in [6, 6.07) is 46.4. The third-order valence-corrected chi connectivity index (χ3v) is 23.2. The van der Waals surface area contributed by atoms with Crippen molar-refractivity contribution in [2.45, 2.75) is 158 Å². The summed E-state index contributed by atoms with van der Waals surface area (Å²) in [5.74, 6) is -1.12. The molecule has 5 aromatic carbocycles. The van der Waals surface area contributed by atoms with Crippen molar-refractivity contribution in [2.75, 3.05) is 27.4 Å². The molecule has 140 heavy (non-hydrogen) atoms. The molecular formula is C99H101Cl9F3N15O14. The first-order valence-corrected chi connectivity index (χ1v) is 45.6. The monoisotopic (exact) mass is 2100 g/mol. The van der Waals surface area contributed by atoms with Gasteiger partial charge in [-0.2, -0.15) is 65.0 Å². The van der Waals surface area contributed by atoms with E-state index in [1.165, 1.54) is 32.7 Å². The molecule has 0 saturated carbocycles. The van der Waals surface area contributed by atoms with Crippen molar-refractivity contribution in [1.29, 1.82) is 26.3 Å². The molecule has 0 aliphatic carbocycles. The number of alkyl halides is 3. The van der Waals surface area contributed by atoms with Crippen LogP contribution in [0.5, 0.6) is 0 Å². The number of carbonyl (C=O) groups excluding carboxylic acids is 5. The predicted octanol–water partition coefficient (Wildman–Crippen LogP) is 27.4. The van der Waals surface area contributed by atoms with Crippen molar-refractivity contribution < 1.29 is 79.8 Å². The van der Waals surface area contributed by atoms with Gasteiger partial charge in [0, 0.05) is 42.2 Å². The summed E-state index contributed by atoms with van der Waals surface area (Å²) in [5, 5.41) is 68.5. The fourth-order valence-corrected chi connectivity index (χ4v) is 14.9. The van der Waals surface area contributed by atoms with Gasteiger partial charge in [-0.3, -0.25) is 28.2 Å². The molecule has 740 valence electrons. The van der Waals surface area contributed by atoms with Gasteiger partial charge in [0.25, 0.3) is 0 Å². The normalized spacial score (nSPS) is 12.3. The maximum Gasteiger partial charge on any atom is 0.513 e. The Bertz CT molecular complexity index is 6630. The number of methoxy groups -OCH3 is 2. The Morgan fingerprint density at radius 1 is 0.350 bits per heavy atom. The van der Waals surface area contributed by atoms with Gasteiger partial charge >= 0.3 is 36.8 Å². The second-order valence-corrected chi connectivity index (χ2v) is 38.4. The molecule has 0 aliphatic rings. The van der Waals surface area contributed by atoms with Crippen molar-refractivity contribution >= 4 is 192 Å². The van der Waals surface area contributed by atoms with Crippen LogP contribution in [0.15, 0.2) is 121 Å². The minimum absolute atomic E-state index is 0.000430. The van der Waals surface area contributed by atoms with Crippen molar-refractivity contribution in [3.63, 3.8) is 0 Å². The molecule has 0 fully saturated rings. The molecular weight excluding hydrogens is 2000 g/mol. The van der Waals surface area contributed by atoms with Crippen LogP contribution in [0, 0.1) is 62.6 Å². The number of esters is 1. The maximum atomic E-state index is 13.6. The van der Waals surface area contributed by atoms with E-state index in [2.05, 4.69) is 135 Å². The highest BCUT2D eigenvalue weighted by atomic mass is 35.5. The number of hydrogen-bond acceptors (Lipinski definition) is 24. The molecule has 10 rings (SSSR count). The van der Waals surface area contributed by atoms with Crippen LogP contribution < -0.4 is 0 Å². The van der Waals surface area contributed by atoms with Crippen LogP contribution in [0.1, 0.15) is 220 Å². The van der Waals surface area contributed by atoms with Crippen LogP contribution in [0.2, 0.25) is 46.4 Å². The van der Waals surface area contributed by atoms with E-state index >= 15 is 0 Å². The average Bonchev–Trinajstić information content (AvgIpc) is 1.58. The summed E-state index contributed by atoms with van der Waals surface area (Å²) in [5.41, 5.74) is 6.12. The van der Waals surface area contributed by atoms with Crippen molar-refractivity contribution in [3.8, 4) is 30.3 Å².